The molecule has 5 heteroatoms. The smallest absolute Gasteiger partial charge is 0.141 e. The summed E-state index contributed by atoms with van der Waals surface area (Å²) in [6.07, 6.45) is 1.68. The van der Waals surface area contributed by atoms with E-state index >= 15 is 0 Å². The van der Waals surface area contributed by atoms with Crippen molar-refractivity contribution in [2.24, 2.45) is 5.73 Å². The molecule has 0 radical (unpaired) electrons. The Labute approximate surface area is 117 Å². The molecule has 1 aromatic carbocycles. The average molecular weight is 268 g/mol. The van der Waals surface area contributed by atoms with E-state index in [-0.39, 0.29) is 5.84 Å². The van der Waals surface area contributed by atoms with E-state index in [9.17, 15) is 0 Å². The number of hydrogen-bond acceptors (Lipinski definition) is 4. The van der Waals surface area contributed by atoms with Crippen molar-refractivity contribution in [3.63, 3.8) is 0 Å². The van der Waals surface area contributed by atoms with Crippen molar-refractivity contribution in [1.82, 2.24) is 4.98 Å². The fourth-order valence-electron chi connectivity index (χ4n) is 2.31. The molecule has 0 bridgehead atoms. The Morgan fingerprint density at radius 1 is 1.30 bits per heavy atom. The third kappa shape index (κ3) is 2.42. The first-order chi connectivity index (χ1) is 9.74. The second-order valence-electron chi connectivity index (χ2n) is 4.69. The van der Waals surface area contributed by atoms with Gasteiger partial charge in [0.25, 0.3) is 0 Å². The summed E-state index contributed by atoms with van der Waals surface area (Å²) >= 11 is 0. The zero-order chi connectivity index (χ0) is 13.9. The number of aromatic nitrogens is 1. The number of ether oxygens (including phenoxy) is 1. The van der Waals surface area contributed by atoms with E-state index in [1.807, 2.05) is 30.3 Å². The Morgan fingerprint density at radius 3 is 3.00 bits per heavy atom. The van der Waals surface area contributed by atoms with Crippen molar-refractivity contribution in [3.8, 4) is 5.75 Å². The van der Waals surface area contributed by atoms with Gasteiger partial charge in [0.2, 0.25) is 0 Å². The highest BCUT2D eigenvalue weighted by Crippen LogP contribution is 2.25. The summed E-state index contributed by atoms with van der Waals surface area (Å²) in [5.74, 6) is 0.925. The van der Waals surface area contributed by atoms with Gasteiger partial charge < -0.3 is 15.4 Å². The molecule has 3 rings (SSSR count). The van der Waals surface area contributed by atoms with Crippen molar-refractivity contribution in [3.05, 3.63) is 53.9 Å². The molecule has 102 valence electrons. The minimum absolute atomic E-state index is 0.0154. The molecule has 1 aromatic heterocycles. The number of rotatable bonds is 2. The summed E-state index contributed by atoms with van der Waals surface area (Å²) in [5.41, 5.74) is 8.16. The van der Waals surface area contributed by atoms with Crippen LogP contribution in [0.15, 0.2) is 42.6 Å². The highest BCUT2D eigenvalue weighted by Gasteiger charge is 2.15. The number of fused-ring (bicyclic) bond motifs is 1. The van der Waals surface area contributed by atoms with E-state index in [1.165, 1.54) is 0 Å². The van der Waals surface area contributed by atoms with Gasteiger partial charge in [-0.3, -0.25) is 10.4 Å². The van der Waals surface area contributed by atoms with Crippen LogP contribution in [0.5, 0.6) is 5.75 Å². The summed E-state index contributed by atoms with van der Waals surface area (Å²) in [4.78, 5) is 6.30. The van der Waals surface area contributed by atoms with Crippen LogP contribution in [0, 0.1) is 5.41 Å². The number of anilines is 1. The van der Waals surface area contributed by atoms with Crippen molar-refractivity contribution in [1.29, 1.82) is 5.41 Å². The number of hydrogen-bond donors (Lipinski definition) is 2. The molecule has 3 N–H and O–H groups in total. The van der Waals surface area contributed by atoms with Crippen LogP contribution in [0.4, 0.5) is 5.69 Å². The topological polar surface area (TPSA) is 75.2 Å². The number of pyridine rings is 1. The van der Waals surface area contributed by atoms with Gasteiger partial charge in [-0.1, -0.05) is 18.2 Å². The lowest BCUT2D eigenvalue weighted by molar-refractivity contribution is 0.331. The maximum absolute atomic E-state index is 7.48. The van der Waals surface area contributed by atoms with E-state index in [4.69, 9.17) is 15.9 Å². The van der Waals surface area contributed by atoms with Crippen LogP contribution in [0.2, 0.25) is 0 Å². The van der Waals surface area contributed by atoms with Crippen LogP contribution >= 0.6 is 0 Å². The highest BCUT2D eigenvalue weighted by molar-refractivity contribution is 5.93. The number of nitrogens with one attached hydrogen (secondary N) is 1. The van der Waals surface area contributed by atoms with E-state index < -0.39 is 0 Å². The second kappa shape index (κ2) is 5.21. The lowest BCUT2D eigenvalue weighted by Crippen LogP contribution is -2.26. The summed E-state index contributed by atoms with van der Waals surface area (Å²) in [7, 11) is 0. The van der Waals surface area contributed by atoms with Gasteiger partial charge in [-0.15, -0.1) is 0 Å². The normalized spacial score (nSPS) is 14.1. The van der Waals surface area contributed by atoms with Gasteiger partial charge in [0.1, 0.15) is 23.9 Å². The molecule has 0 saturated heterocycles. The summed E-state index contributed by atoms with van der Waals surface area (Å²) < 4.78 is 5.75. The molecule has 0 aliphatic carbocycles. The minimum atomic E-state index is -0.0154. The van der Waals surface area contributed by atoms with Gasteiger partial charge in [-0.2, -0.15) is 0 Å². The van der Waals surface area contributed by atoms with Gasteiger partial charge in [0.05, 0.1) is 6.54 Å². The first kappa shape index (κ1) is 12.5. The van der Waals surface area contributed by atoms with E-state index in [0.717, 1.165) is 30.1 Å². The van der Waals surface area contributed by atoms with Crippen molar-refractivity contribution < 1.29 is 4.74 Å². The van der Waals surface area contributed by atoms with Crippen LogP contribution in [0.1, 0.15) is 11.3 Å². The van der Waals surface area contributed by atoms with Gasteiger partial charge >= 0.3 is 0 Å². The number of nitrogens with zero attached hydrogens (tertiary/aromatic N) is 2. The monoisotopic (exact) mass is 268 g/mol. The molecule has 1 aliphatic heterocycles. The zero-order valence-electron chi connectivity index (χ0n) is 11.0. The Bertz CT molecular complexity index is 641. The molecule has 0 amide bonds. The quantitative estimate of drug-likeness (QED) is 0.643. The molecule has 5 nitrogen and oxygen atoms in total. The molecular weight excluding hydrogens is 252 g/mol. The van der Waals surface area contributed by atoms with Crippen molar-refractivity contribution in [2.45, 2.75) is 6.54 Å². The van der Waals surface area contributed by atoms with E-state index in [1.54, 1.807) is 6.20 Å². The fraction of sp³-hybridized carbons (Fsp3) is 0.200. The highest BCUT2D eigenvalue weighted by atomic mass is 16.5. The maximum Gasteiger partial charge on any atom is 0.141 e. The van der Waals surface area contributed by atoms with E-state index in [0.29, 0.717) is 12.3 Å². The maximum atomic E-state index is 7.48. The Morgan fingerprint density at radius 2 is 2.15 bits per heavy atom. The third-order valence-electron chi connectivity index (χ3n) is 3.34. The number of nitrogen functional groups attached to an aromatic ring is 1. The van der Waals surface area contributed by atoms with Crippen molar-refractivity contribution in [2.75, 3.05) is 18.1 Å². The molecule has 0 atom stereocenters. The fourth-order valence-corrected chi connectivity index (χ4v) is 2.31. The zero-order valence-corrected chi connectivity index (χ0v) is 11.0. The molecule has 1 aliphatic rings. The summed E-state index contributed by atoms with van der Waals surface area (Å²) in [6, 6.07) is 11.8. The molecule has 0 spiro atoms. The van der Waals surface area contributed by atoms with Crippen LogP contribution < -0.4 is 15.4 Å². The van der Waals surface area contributed by atoms with Gasteiger partial charge in [-0.25, -0.2) is 0 Å². The molecule has 20 heavy (non-hydrogen) atoms. The minimum Gasteiger partial charge on any atom is -0.491 e. The second-order valence-corrected chi connectivity index (χ2v) is 4.69. The average Bonchev–Trinajstić information content (AvgIpc) is 2.69. The van der Waals surface area contributed by atoms with Crippen molar-refractivity contribution >= 4 is 11.5 Å². The first-order valence-electron chi connectivity index (χ1n) is 6.50. The molecular formula is C15H16N4O. The molecule has 2 aromatic rings. The number of benzene rings is 1. The lowest BCUT2D eigenvalue weighted by Gasteiger charge is -2.22. The molecule has 0 fully saturated rings. The summed E-state index contributed by atoms with van der Waals surface area (Å²) in [5, 5.41) is 7.48. The molecule has 0 saturated carbocycles. The Kier molecular flexibility index (Phi) is 3.25. The van der Waals surface area contributed by atoms with Crippen LogP contribution in [-0.4, -0.2) is 24.0 Å². The van der Waals surface area contributed by atoms with Crippen LogP contribution in [-0.2, 0) is 6.54 Å². The van der Waals surface area contributed by atoms with E-state index in [2.05, 4.69) is 16.0 Å². The number of para-hydroxylation sites is 1. The number of nitrogens with two attached hydrogens (primary N) is 1. The first-order valence-corrected chi connectivity index (χ1v) is 6.50. The van der Waals surface area contributed by atoms with Crippen LogP contribution in [0.25, 0.3) is 0 Å². The third-order valence-corrected chi connectivity index (χ3v) is 3.34. The van der Waals surface area contributed by atoms with Gasteiger partial charge in [0.15, 0.2) is 0 Å². The Hall–Kier alpha value is -2.56. The molecule has 0 unspecified atom stereocenters. The lowest BCUT2D eigenvalue weighted by atomic mass is 10.2. The summed E-state index contributed by atoms with van der Waals surface area (Å²) in [6.45, 7) is 2.20. The van der Waals surface area contributed by atoms with Gasteiger partial charge in [0, 0.05) is 24.0 Å². The van der Waals surface area contributed by atoms with Gasteiger partial charge in [-0.05, 0) is 18.2 Å². The molecule has 2 heterocycles. The Balaban J connectivity index is 1.91. The standard InChI is InChI=1S/C15H16N4O/c16-15(17)13-9-12(5-6-18-13)19-7-8-20-14-4-2-1-3-11(14)10-19/h1-6,9H,7-8,10H2,(H3,16,17). The predicted octanol–water partition coefficient (Wildman–Crippen LogP) is 1.76. The predicted molar refractivity (Wildman–Crippen MR) is 78.2 cm³/mol. The largest absolute Gasteiger partial charge is 0.491 e. The number of amidine groups is 1. The van der Waals surface area contributed by atoms with Crippen LogP contribution in [0.3, 0.4) is 0 Å². The SMILES string of the molecule is N=C(N)c1cc(N2CCOc3ccccc3C2)ccn1.